The molecule has 0 saturated heterocycles. The van der Waals surface area contributed by atoms with Crippen LogP contribution in [0.5, 0.6) is 11.5 Å². The third kappa shape index (κ3) is 5.41. The van der Waals surface area contributed by atoms with Crippen molar-refractivity contribution in [3.8, 4) is 11.5 Å². The van der Waals surface area contributed by atoms with Crippen molar-refractivity contribution in [3.05, 3.63) is 73.5 Å². The molecular formula is C23H21BrF2N4O4. The first-order valence-electron chi connectivity index (χ1n) is 10.5. The van der Waals surface area contributed by atoms with Crippen LogP contribution in [0, 0.1) is 24.0 Å². The number of rotatable bonds is 8. The smallest absolute Gasteiger partial charge is 0.283 e. The molecule has 0 radical (unpaired) electrons. The molecule has 0 spiro atoms. The molecule has 8 nitrogen and oxygen atoms in total. The highest BCUT2D eigenvalue weighted by Crippen LogP contribution is 2.45. The molecule has 0 aliphatic heterocycles. The average Bonchev–Trinajstić information content (AvgIpc) is 3.50. The average molecular weight is 535 g/mol. The number of benzene rings is 2. The molecule has 11 heteroatoms. The Morgan fingerprint density at radius 3 is 2.44 bits per heavy atom. The minimum absolute atomic E-state index is 0.0674. The highest BCUT2D eigenvalue weighted by Gasteiger charge is 2.34. The van der Waals surface area contributed by atoms with Crippen molar-refractivity contribution in [2.24, 2.45) is 0 Å². The largest absolute Gasteiger partial charge is 0.457 e. The molecule has 1 heterocycles. The molecule has 1 aromatic heterocycles. The van der Waals surface area contributed by atoms with Crippen LogP contribution in [0.25, 0.3) is 0 Å². The van der Waals surface area contributed by atoms with E-state index in [4.69, 9.17) is 4.74 Å². The number of nitro benzene ring substituents is 1. The standard InChI is InChI=1S/C23H21BrF2N4O4/c1-12-5-13(2)7-17(6-12)34-18-9-15(8-16(10-18)30(32)33)27-19(31)11-29-22(14-3-4-14)20(24)21(28-29)23(25)26/h5-10,14,23H,3-4,11H2,1-2H3,(H,27,31). The van der Waals surface area contributed by atoms with Crippen LogP contribution in [-0.4, -0.2) is 20.6 Å². The predicted molar refractivity (Wildman–Crippen MR) is 125 cm³/mol. The Balaban J connectivity index is 1.57. The maximum atomic E-state index is 13.3. The molecule has 34 heavy (non-hydrogen) atoms. The van der Waals surface area contributed by atoms with E-state index in [0.29, 0.717) is 11.4 Å². The number of ether oxygens (including phenoxy) is 1. The zero-order valence-corrected chi connectivity index (χ0v) is 19.9. The summed E-state index contributed by atoms with van der Waals surface area (Å²) in [5.74, 6) is 0.189. The Labute approximate surface area is 202 Å². The second-order valence-electron chi connectivity index (χ2n) is 8.26. The summed E-state index contributed by atoms with van der Waals surface area (Å²) in [6.07, 6.45) is -1.12. The topological polar surface area (TPSA) is 99.3 Å². The second kappa shape index (κ2) is 9.49. The van der Waals surface area contributed by atoms with Gasteiger partial charge in [0, 0.05) is 18.1 Å². The molecule has 0 unspecified atom stereocenters. The van der Waals surface area contributed by atoms with Gasteiger partial charge in [0.1, 0.15) is 23.7 Å². The van der Waals surface area contributed by atoms with E-state index in [0.717, 1.165) is 24.0 Å². The number of carbonyl (C=O) groups excluding carboxylic acids is 1. The second-order valence-corrected chi connectivity index (χ2v) is 9.06. The van der Waals surface area contributed by atoms with Gasteiger partial charge in [0.25, 0.3) is 12.1 Å². The summed E-state index contributed by atoms with van der Waals surface area (Å²) in [7, 11) is 0. The number of alkyl halides is 2. The van der Waals surface area contributed by atoms with Gasteiger partial charge in [-0.1, -0.05) is 6.07 Å². The highest BCUT2D eigenvalue weighted by molar-refractivity contribution is 9.10. The number of anilines is 1. The van der Waals surface area contributed by atoms with E-state index in [1.165, 1.54) is 22.9 Å². The molecule has 2 aromatic carbocycles. The number of carbonyl (C=O) groups is 1. The van der Waals surface area contributed by atoms with Gasteiger partial charge >= 0.3 is 0 Å². The van der Waals surface area contributed by atoms with Gasteiger partial charge in [-0.05, 0) is 65.9 Å². The van der Waals surface area contributed by atoms with Gasteiger partial charge in [0.05, 0.1) is 26.8 Å². The molecule has 1 amide bonds. The number of nitro groups is 1. The van der Waals surface area contributed by atoms with Crippen molar-refractivity contribution < 1.29 is 23.2 Å². The molecule has 4 rings (SSSR count). The number of nitrogens with one attached hydrogen (secondary N) is 1. The van der Waals surface area contributed by atoms with Gasteiger partial charge in [-0.2, -0.15) is 5.10 Å². The van der Waals surface area contributed by atoms with Crippen molar-refractivity contribution in [3.63, 3.8) is 0 Å². The summed E-state index contributed by atoms with van der Waals surface area (Å²) in [6, 6.07) is 9.48. The molecule has 3 aromatic rings. The Morgan fingerprint density at radius 2 is 1.85 bits per heavy atom. The van der Waals surface area contributed by atoms with Crippen LogP contribution in [0.15, 0.2) is 40.9 Å². The lowest BCUT2D eigenvalue weighted by Crippen LogP contribution is -2.21. The number of hydrogen-bond acceptors (Lipinski definition) is 5. The van der Waals surface area contributed by atoms with E-state index in [9.17, 15) is 23.7 Å². The molecule has 0 atom stereocenters. The predicted octanol–water partition coefficient (Wildman–Crippen LogP) is 6.42. The number of non-ortho nitro benzene ring substituents is 1. The third-order valence-electron chi connectivity index (χ3n) is 5.24. The van der Waals surface area contributed by atoms with Gasteiger partial charge in [0.15, 0.2) is 0 Å². The van der Waals surface area contributed by atoms with Crippen molar-refractivity contribution in [2.45, 2.75) is 45.6 Å². The van der Waals surface area contributed by atoms with Crippen molar-refractivity contribution in [1.29, 1.82) is 0 Å². The molecule has 1 saturated carbocycles. The number of aryl methyl sites for hydroxylation is 2. The van der Waals surface area contributed by atoms with Gasteiger partial charge in [0.2, 0.25) is 5.91 Å². The van der Waals surface area contributed by atoms with E-state index in [-0.39, 0.29) is 34.1 Å². The molecule has 1 fully saturated rings. The fourth-order valence-corrected chi connectivity index (χ4v) is 4.54. The van der Waals surface area contributed by atoms with E-state index < -0.39 is 22.9 Å². The minimum atomic E-state index is -2.78. The molecule has 0 bridgehead atoms. The molecule has 178 valence electrons. The summed E-state index contributed by atoms with van der Waals surface area (Å²) in [5, 5.41) is 17.9. The van der Waals surface area contributed by atoms with Crippen molar-refractivity contribution in [1.82, 2.24) is 9.78 Å². The number of nitrogens with zero attached hydrogens (tertiary/aromatic N) is 3. The first-order chi connectivity index (χ1) is 16.1. The van der Waals surface area contributed by atoms with Crippen molar-refractivity contribution >= 4 is 33.2 Å². The van der Waals surface area contributed by atoms with Crippen LogP contribution in [0.4, 0.5) is 20.2 Å². The fourth-order valence-electron chi connectivity index (χ4n) is 3.76. The molecule has 1 N–H and O–H groups in total. The van der Waals surface area contributed by atoms with Crippen LogP contribution in [-0.2, 0) is 11.3 Å². The van der Waals surface area contributed by atoms with Crippen LogP contribution in [0.2, 0.25) is 0 Å². The summed E-state index contributed by atoms with van der Waals surface area (Å²) in [5.41, 5.74) is 1.96. The van der Waals surface area contributed by atoms with E-state index in [2.05, 4.69) is 26.3 Å². The third-order valence-corrected chi connectivity index (χ3v) is 6.05. The maximum absolute atomic E-state index is 13.3. The monoisotopic (exact) mass is 534 g/mol. The Morgan fingerprint density at radius 1 is 1.21 bits per heavy atom. The Hall–Kier alpha value is -3.34. The first-order valence-corrected chi connectivity index (χ1v) is 11.3. The van der Waals surface area contributed by atoms with Crippen LogP contribution in [0.3, 0.4) is 0 Å². The first kappa shape index (κ1) is 23.8. The van der Waals surface area contributed by atoms with Gasteiger partial charge in [-0.15, -0.1) is 0 Å². The van der Waals surface area contributed by atoms with Crippen LogP contribution in [0.1, 0.15) is 47.7 Å². The van der Waals surface area contributed by atoms with Gasteiger partial charge in [-0.3, -0.25) is 19.6 Å². The number of amides is 1. The zero-order valence-electron chi connectivity index (χ0n) is 18.3. The number of hydrogen-bond donors (Lipinski definition) is 1. The normalized spacial score (nSPS) is 13.2. The van der Waals surface area contributed by atoms with Crippen molar-refractivity contribution in [2.75, 3.05) is 5.32 Å². The molecule has 1 aliphatic carbocycles. The summed E-state index contributed by atoms with van der Waals surface area (Å²) in [6.45, 7) is 3.50. The molecular weight excluding hydrogens is 514 g/mol. The van der Waals surface area contributed by atoms with Gasteiger partial charge in [-0.25, -0.2) is 8.78 Å². The van der Waals surface area contributed by atoms with Crippen LogP contribution >= 0.6 is 15.9 Å². The van der Waals surface area contributed by atoms with E-state index >= 15 is 0 Å². The fraction of sp³-hybridized carbons (Fsp3) is 0.304. The van der Waals surface area contributed by atoms with Crippen LogP contribution < -0.4 is 10.1 Å². The minimum Gasteiger partial charge on any atom is -0.457 e. The summed E-state index contributed by atoms with van der Waals surface area (Å²) < 4.78 is 33.9. The quantitative estimate of drug-likeness (QED) is 0.265. The SMILES string of the molecule is Cc1cc(C)cc(Oc2cc(NC(=O)Cn3nc(C(F)F)c(Br)c3C3CC3)cc([N+](=O)[O-])c2)c1. The lowest BCUT2D eigenvalue weighted by molar-refractivity contribution is -0.384. The van der Waals surface area contributed by atoms with E-state index in [1.54, 1.807) is 12.1 Å². The zero-order chi connectivity index (χ0) is 24.6. The lowest BCUT2D eigenvalue weighted by Gasteiger charge is -2.11. The Bertz CT molecular complexity index is 1250. The molecule has 1 aliphatic rings. The summed E-state index contributed by atoms with van der Waals surface area (Å²) >= 11 is 3.19. The number of aromatic nitrogens is 2. The maximum Gasteiger partial charge on any atom is 0.283 e. The summed E-state index contributed by atoms with van der Waals surface area (Å²) in [4.78, 5) is 23.6. The van der Waals surface area contributed by atoms with Gasteiger partial charge < -0.3 is 10.1 Å². The Kier molecular flexibility index (Phi) is 6.65. The lowest BCUT2D eigenvalue weighted by atomic mass is 10.1. The number of halogens is 3. The van der Waals surface area contributed by atoms with E-state index in [1.807, 2.05) is 19.9 Å². The highest BCUT2D eigenvalue weighted by atomic mass is 79.9.